The van der Waals surface area contributed by atoms with Gasteiger partial charge in [0.2, 0.25) is 0 Å². The molecule has 0 radical (unpaired) electrons. The Morgan fingerprint density at radius 2 is 1.63 bits per heavy atom. The van der Waals surface area contributed by atoms with Gasteiger partial charge < -0.3 is 10.1 Å². The van der Waals surface area contributed by atoms with Crippen LogP contribution in [0.15, 0.2) is 48.5 Å². The van der Waals surface area contributed by atoms with Crippen molar-refractivity contribution in [2.75, 3.05) is 13.7 Å². The van der Waals surface area contributed by atoms with Crippen LogP contribution in [0.5, 0.6) is 0 Å². The highest BCUT2D eigenvalue weighted by Gasteiger charge is 2.38. The average Bonchev–Trinajstić information content (AvgIpc) is 3.05. The van der Waals surface area contributed by atoms with E-state index in [1.54, 1.807) is 0 Å². The number of esters is 1. The number of likely N-dealkylation sites (tertiary alicyclic amines) is 1. The average molecular weight is 366 g/mol. The fourth-order valence-corrected chi connectivity index (χ4v) is 3.47. The van der Waals surface area contributed by atoms with Crippen LogP contribution in [0.4, 0.5) is 0 Å². The van der Waals surface area contributed by atoms with Crippen LogP contribution in [0.3, 0.4) is 0 Å². The first kappa shape index (κ1) is 19.1. The lowest BCUT2D eigenvalue weighted by atomic mass is 10.1. The summed E-state index contributed by atoms with van der Waals surface area (Å²) in [5, 5.41) is 3.06. The van der Waals surface area contributed by atoms with E-state index in [4.69, 9.17) is 4.74 Å². The van der Waals surface area contributed by atoms with E-state index in [-0.39, 0.29) is 24.0 Å². The van der Waals surface area contributed by atoms with Gasteiger partial charge in [-0.15, -0.1) is 0 Å². The van der Waals surface area contributed by atoms with Crippen molar-refractivity contribution in [2.45, 2.75) is 38.9 Å². The molecule has 1 N–H and O–H groups in total. The highest BCUT2D eigenvalue weighted by atomic mass is 16.5. The van der Waals surface area contributed by atoms with Crippen molar-refractivity contribution in [2.24, 2.45) is 0 Å². The first-order chi connectivity index (χ1) is 13.0. The number of methoxy groups -OCH3 is 1. The van der Waals surface area contributed by atoms with E-state index in [0.29, 0.717) is 25.1 Å². The second-order valence-electron chi connectivity index (χ2n) is 7.23. The van der Waals surface area contributed by atoms with E-state index < -0.39 is 0 Å². The molecule has 1 heterocycles. The monoisotopic (exact) mass is 366 g/mol. The Hall–Kier alpha value is -2.66. The van der Waals surface area contributed by atoms with Gasteiger partial charge in [0.25, 0.3) is 5.91 Å². The lowest BCUT2D eigenvalue weighted by Crippen LogP contribution is -2.37. The number of ether oxygens (including phenoxy) is 1. The normalized spacial score (nSPS) is 19.7. The fraction of sp³-hybridized carbons (Fsp3) is 0.364. The van der Waals surface area contributed by atoms with Crippen LogP contribution < -0.4 is 5.32 Å². The molecule has 1 aliphatic heterocycles. The number of rotatable bonds is 5. The van der Waals surface area contributed by atoms with Gasteiger partial charge in [0.15, 0.2) is 0 Å². The summed E-state index contributed by atoms with van der Waals surface area (Å²) in [6, 6.07) is 15.3. The zero-order chi connectivity index (χ0) is 19.4. The molecule has 5 heteroatoms. The molecule has 0 spiro atoms. The molecule has 3 rings (SSSR count). The van der Waals surface area contributed by atoms with Gasteiger partial charge in [-0.25, -0.2) is 0 Å². The minimum Gasteiger partial charge on any atom is -0.468 e. The minimum atomic E-state index is -0.348. The van der Waals surface area contributed by atoms with Crippen LogP contribution in [-0.4, -0.2) is 42.5 Å². The Balaban J connectivity index is 1.68. The van der Waals surface area contributed by atoms with Gasteiger partial charge >= 0.3 is 5.97 Å². The Kier molecular flexibility index (Phi) is 5.91. The molecule has 27 heavy (non-hydrogen) atoms. The number of aryl methyl sites for hydroxylation is 2. The molecule has 2 aromatic rings. The molecule has 1 saturated heterocycles. The smallest absolute Gasteiger partial charge is 0.323 e. The summed E-state index contributed by atoms with van der Waals surface area (Å²) >= 11 is 0. The highest BCUT2D eigenvalue weighted by molar-refractivity contribution is 5.94. The Morgan fingerprint density at radius 3 is 2.22 bits per heavy atom. The maximum absolute atomic E-state index is 12.5. The number of benzene rings is 2. The van der Waals surface area contributed by atoms with Crippen molar-refractivity contribution >= 4 is 11.9 Å². The standard InChI is InChI=1S/C22H26N2O3/c1-15-4-8-17(9-5-15)13-24-14-19(12-20(24)22(26)27-3)23-21(25)18-10-6-16(2)7-11-18/h4-11,19-20H,12-14H2,1-3H3,(H,23,25)/t19-,20+/m1/s1. The van der Waals surface area contributed by atoms with Gasteiger partial charge in [0.05, 0.1) is 7.11 Å². The zero-order valence-corrected chi connectivity index (χ0v) is 16.1. The molecule has 0 saturated carbocycles. The van der Waals surface area contributed by atoms with E-state index in [2.05, 4.69) is 34.5 Å². The van der Waals surface area contributed by atoms with Crippen molar-refractivity contribution in [3.63, 3.8) is 0 Å². The first-order valence-corrected chi connectivity index (χ1v) is 9.21. The van der Waals surface area contributed by atoms with Crippen LogP contribution in [0.1, 0.15) is 33.5 Å². The Bertz CT molecular complexity index is 799. The number of amides is 1. The third kappa shape index (κ3) is 4.74. The summed E-state index contributed by atoms with van der Waals surface area (Å²) in [5.41, 5.74) is 4.09. The van der Waals surface area contributed by atoms with Crippen LogP contribution in [-0.2, 0) is 16.1 Å². The number of nitrogens with zero attached hydrogens (tertiary/aromatic N) is 1. The Labute approximate surface area is 160 Å². The molecule has 5 nitrogen and oxygen atoms in total. The second kappa shape index (κ2) is 8.35. The zero-order valence-electron chi connectivity index (χ0n) is 16.1. The van der Waals surface area contributed by atoms with E-state index in [1.807, 2.05) is 38.1 Å². The predicted octanol–water partition coefficient (Wildman–Crippen LogP) is 2.85. The van der Waals surface area contributed by atoms with E-state index >= 15 is 0 Å². The number of nitrogens with one attached hydrogen (secondary N) is 1. The molecule has 1 fully saturated rings. The number of carbonyl (C=O) groups excluding carboxylic acids is 2. The number of carbonyl (C=O) groups is 2. The SMILES string of the molecule is COC(=O)[C@@H]1C[C@@H](NC(=O)c2ccc(C)cc2)CN1Cc1ccc(C)cc1. The van der Waals surface area contributed by atoms with E-state index in [1.165, 1.54) is 12.7 Å². The number of hydrogen-bond donors (Lipinski definition) is 1. The molecule has 2 atom stereocenters. The molecule has 142 valence electrons. The third-order valence-corrected chi connectivity index (χ3v) is 5.03. The van der Waals surface area contributed by atoms with Gasteiger partial charge in [-0.05, 0) is 38.0 Å². The molecular weight excluding hydrogens is 340 g/mol. The van der Waals surface area contributed by atoms with Gasteiger partial charge in [0.1, 0.15) is 6.04 Å². The molecule has 0 aromatic heterocycles. The van der Waals surface area contributed by atoms with Crippen LogP contribution in [0.25, 0.3) is 0 Å². The summed E-state index contributed by atoms with van der Waals surface area (Å²) in [7, 11) is 1.41. The predicted molar refractivity (Wildman–Crippen MR) is 104 cm³/mol. The summed E-state index contributed by atoms with van der Waals surface area (Å²) in [6.07, 6.45) is 0.552. The summed E-state index contributed by atoms with van der Waals surface area (Å²) in [5.74, 6) is -0.366. The maximum atomic E-state index is 12.5. The summed E-state index contributed by atoms with van der Waals surface area (Å²) in [4.78, 5) is 26.8. The summed E-state index contributed by atoms with van der Waals surface area (Å²) in [6.45, 7) is 5.30. The largest absolute Gasteiger partial charge is 0.468 e. The van der Waals surface area contributed by atoms with Crippen molar-refractivity contribution in [1.29, 1.82) is 0 Å². The van der Waals surface area contributed by atoms with Gasteiger partial charge in [-0.3, -0.25) is 14.5 Å². The molecule has 2 aromatic carbocycles. The topological polar surface area (TPSA) is 58.6 Å². The molecular formula is C22H26N2O3. The molecule has 0 aliphatic carbocycles. The second-order valence-corrected chi connectivity index (χ2v) is 7.23. The molecule has 1 amide bonds. The maximum Gasteiger partial charge on any atom is 0.323 e. The quantitative estimate of drug-likeness (QED) is 0.827. The lowest BCUT2D eigenvalue weighted by Gasteiger charge is -2.22. The van der Waals surface area contributed by atoms with Gasteiger partial charge in [-0.1, -0.05) is 47.5 Å². The van der Waals surface area contributed by atoms with Crippen molar-refractivity contribution in [3.8, 4) is 0 Å². The van der Waals surface area contributed by atoms with Crippen LogP contribution >= 0.6 is 0 Å². The highest BCUT2D eigenvalue weighted by Crippen LogP contribution is 2.22. The first-order valence-electron chi connectivity index (χ1n) is 9.21. The summed E-state index contributed by atoms with van der Waals surface area (Å²) < 4.78 is 4.98. The molecule has 1 aliphatic rings. The van der Waals surface area contributed by atoms with Crippen molar-refractivity contribution < 1.29 is 14.3 Å². The van der Waals surface area contributed by atoms with Crippen LogP contribution in [0.2, 0.25) is 0 Å². The van der Waals surface area contributed by atoms with E-state index in [0.717, 1.165) is 11.1 Å². The molecule has 0 unspecified atom stereocenters. The third-order valence-electron chi connectivity index (χ3n) is 5.03. The van der Waals surface area contributed by atoms with Gasteiger partial charge in [-0.2, -0.15) is 0 Å². The Morgan fingerprint density at radius 1 is 1.04 bits per heavy atom. The lowest BCUT2D eigenvalue weighted by molar-refractivity contribution is -0.146. The van der Waals surface area contributed by atoms with Crippen molar-refractivity contribution in [1.82, 2.24) is 10.2 Å². The van der Waals surface area contributed by atoms with E-state index in [9.17, 15) is 9.59 Å². The van der Waals surface area contributed by atoms with Crippen LogP contribution in [0, 0.1) is 13.8 Å². The molecule has 0 bridgehead atoms. The van der Waals surface area contributed by atoms with Crippen molar-refractivity contribution in [3.05, 3.63) is 70.8 Å². The fourth-order valence-electron chi connectivity index (χ4n) is 3.47. The number of hydrogen-bond acceptors (Lipinski definition) is 4. The van der Waals surface area contributed by atoms with Gasteiger partial charge in [0, 0.05) is 24.7 Å². The minimum absolute atomic E-state index is 0.0895.